The van der Waals surface area contributed by atoms with Crippen LogP contribution in [-0.4, -0.2) is 21.3 Å². The first kappa shape index (κ1) is 7.79. The van der Waals surface area contributed by atoms with E-state index in [1.165, 1.54) is 6.07 Å². The van der Waals surface area contributed by atoms with Crippen molar-refractivity contribution in [2.45, 2.75) is 12.2 Å². The molecule has 1 aromatic rings. The first-order valence-electron chi connectivity index (χ1n) is 3.14. The molecule has 0 bridgehead atoms. The van der Waals surface area contributed by atoms with Gasteiger partial charge in [0, 0.05) is 11.9 Å². The third-order valence-corrected chi connectivity index (χ3v) is 1.37. The van der Waals surface area contributed by atoms with Gasteiger partial charge in [-0.05, 0) is 12.1 Å². The fourth-order valence-electron chi connectivity index (χ4n) is 0.769. The minimum Gasteiger partial charge on any atom is -0.383 e. The molecule has 0 saturated heterocycles. The SMILES string of the molecule is N#CC(O)C(O)c1ccc[nH]1. The predicted octanol–water partition coefficient (Wildman–Crippen LogP) is -0.0674. The number of aliphatic hydroxyl groups is 2. The first-order chi connectivity index (χ1) is 5.25. The summed E-state index contributed by atoms with van der Waals surface area (Å²) < 4.78 is 0. The monoisotopic (exact) mass is 152 g/mol. The molecular weight excluding hydrogens is 144 g/mol. The Morgan fingerprint density at radius 2 is 2.27 bits per heavy atom. The molecule has 0 spiro atoms. The second kappa shape index (κ2) is 3.19. The smallest absolute Gasteiger partial charge is 0.171 e. The van der Waals surface area contributed by atoms with Crippen LogP contribution < -0.4 is 0 Å². The molecule has 4 nitrogen and oxygen atoms in total. The van der Waals surface area contributed by atoms with Crippen LogP contribution in [0.15, 0.2) is 18.3 Å². The molecule has 2 atom stereocenters. The van der Waals surface area contributed by atoms with E-state index >= 15 is 0 Å². The fourth-order valence-corrected chi connectivity index (χ4v) is 0.769. The van der Waals surface area contributed by atoms with Gasteiger partial charge in [0.2, 0.25) is 0 Å². The van der Waals surface area contributed by atoms with Gasteiger partial charge in [-0.25, -0.2) is 0 Å². The number of aliphatic hydroxyl groups excluding tert-OH is 2. The summed E-state index contributed by atoms with van der Waals surface area (Å²) in [6.07, 6.45) is -0.897. The summed E-state index contributed by atoms with van der Waals surface area (Å²) in [5.74, 6) is 0. The Morgan fingerprint density at radius 1 is 1.55 bits per heavy atom. The van der Waals surface area contributed by atoms with E-state index in [1.807, 2.05) is 0 Å². The topological polar surface area (TPSA) is 80.0 Å². The Hall–Kier alpha value is -1.31. The van der Waals surface area contributed by atoms with Crippen molar-refractivity contribution in [3.63, 3.8) is 0 Å². The molecule has 0 aromatic carbocycles. The lowest BCUT2D eigenvalue weighted by molar-refractivity contribution is 0.0502. The van der Waals surface area contributed by atoms with Gasteiger partial charge in [-0.2, -0.15) is 5.26 Å². The van der Waals surface area contributed by atoms with E-state index < -0.39 is 12.2 Å². The van der Waals surface area contributed by atoms with Crippen LogP contribution in [0.2, 0.25) is 0 Å². The minimum atomic E-state index is -1.37. The van der Waals surface area contributed by atoms with Gasteiger partial charge in [-0.15, -0.1) is 0 Å². The largest absolute Gasteiger partial charge is 0.383 e. The lowest BCUT2D eigenvalue weighted by Crippen LogP contribution is -2.15. The van der Waals surface area contributed by atoms with Crippen molar-refractivity contribution in [3.05, 3.63) is 24.0 Å². The molecule has 0 radical (unpaired) electrons. The Balaban J connectivity index is 2.71. The highest BCUT2D eigenvalue weighted by molar-refractivity contribution is 5.11. The molecule has 2 unspecified atom stereocenters. The van der Waals surface area contributed by atoms with E-state index in [1.54, 1.807) is 18.3 Å². The second-order valence-corrected chi connectivity index (χ2v) is 2.14. The first-order valence-corrected chi connectivity index (χ1v) is 3.14. The van der Waals surface area contributed by atoms with Gasteiger partial charge < -0.3 is 15.2 Å². The number of hydrogen-bond acceptors (Lipinski definition) is 3. The highest BCUT2D eigenvalue weighted by atomic mass is 16.3. The summed E-state index contributed by atoms with van der Waals surface area (Å²) in [7, 11) is 0. The van der Waals surface area contributed by atoms with Gasteiger partial charge in [0.15, 0.2) is 6.10 Å². The summed E-state index contributed by atoms with van der Waals surface area (Å²) in [4.78, 5) is 2.69. The molecule has 0 saturated carbocycles. The average Bonchev–Trinajstić information content (AvgIpc) is 2.53. The summed E-state index contributed by atoms with van der Waals surface area (Å²) in [5, 5.41) is 26.3. The lowest BCUT2D eigenvalue weighted by atomic mass is 10.2. The number of nitrogens with one attached hydrogen (secondary N) is 1. The van der Waals surface area contributed by atoms with E-state index in [0.717, 1.165) is 0 Å². The van der Waals surface area contributed by atoms with E-state index in [-0.39, 0.29) is 0 Å². The molecule has 0 aliphatic heterocycles. The maximum atomic E-state index is 9.17. The zero-order valence-corrected chi connectivity index (χ0v) is 5.73. The standard InChI is InChI=1S/C7H8N2O2/c8-4-6(10)7(11)5-2-1-3-9-5/h1-3,6-7,9-11H. The Bertz CT molecular complexity index is 250. The van der Waals surface area contributed by atoms with Crippen molar-refractivity contribution >= 4 is 0 Å². The third-order valence-electron chi connectivity index (χ3n) is 1.37. The number of aromatic nitrogens is 1. The summed E-state index contributed by atoms with van der Waals surface area (Å²) >= 11 is 0. The van der Waals surface area contributed by atoms with Gasteiger partial charge in [0.05, 0.1) is 6.07 Å². The molecule has 1 heterocycles. The van der Waals surface area contributed by atoms with Crippen LogP contribution in [0.1, 0.15) is 11.8 Å². The van der Waals surface area contributed by atoms with Crippen molar-refractivity contribution < 1.29 is 10.2 Å². The Kier molecular flexibility index (Phi) is 2.26. The van der Waals surface area contributed by atoms with Crippen LogP contribution in [0.25, 0.3) is 0 Å². The molecule has 11 heavy (non-hydrogen) atoms. The van der Waals surface area contributed by atoms with E-state index in [0.29, 0.717) is 5.69 Å². The van der Waals surface area contributed by atoms with Crippen LogP contribution in [-0.2, 0) is 0 Å². The molecule has 58 valence electrons. The zero-order valence-electron chi connectivity index (χ0n) is 5.73. The van der Waals surface area contributed by atoms with Crippen molar-refractivity contribution in [3.8, 4) is 6.07 Å². The van der Waals surface area contributed by atoms with Crippen molar-refractivity contribution in [1.82, 2.24) is 4.98 Å². The molecule has 1 rings (SSSR count). The van der Waals surface area contributed by atoms with E-state index in [2.05, 4.69) is 4.98 Å². The molecular formula is C7H8N2O2. The van der Waals surface area contributed by atoms with Crippen LogP contribution in [0.3, 0.4) is 0 Å². The number of aromatic amines is 1. The van der Waals surface area contributed by atoms with Gasteiger partial charge in [-0.3, -0.25) is 0 Å². The molecule has 4 heteroatoms. The number of nitriles is 1. The minimum absolute atomic E-state index is 0.444. The normalized spacial score (nSPS) is 15.4. The average molecular weight is 152 g/mol. The van der Waals surface area contributed by atoms with E-state index in [9.17, 15) is 5.11 Å². The number of H-pyrrole nitrogens is 1. The van der Waals surface area contributed by atoms with E-state index in [4.69, 9.17) is 10.4 Å². The van der Waals surface area contributed by atoms with Crippen molar-refractivity contribution in [2.24, 2.45) is 0 Å². The van der Waals surface area contributed by atoms with Crippen molar-refractivity contribution in [2.75, 3.05) is 0 Å². The van der Waals surface area contributed by atoms with Crippen LogP contribution >= 0.6 is 0 Å². The summed E-state index contributed by atoms with van der Waals surface area (Å²) in [6.45, 7) is 0. The molecule has 3 N–H and O–H groups in total. The number of nitrogens with zero attached hydrogens (tertiary/aromatic N) is 1. The van der Waals surface area contributed by atoms with Gasteiger partial charge >= 0.3 is 0 Å². The molecule has 0 aliphatic rings. The maximum absolute atomic E-state index is 9.17. The lowest BCUT2D eigenvalue weighted by Gasteiger charge is -2.08. The molecule has 1 aromatic heterocycles. The van der Waals surface area contributed by atoms with Crippen LogP contribution in [0, 0.1) is 11.3 Å². The van der Waals surface area contributed by atoms with Gasteiger partial charge in [0.1, 0.15) is 6.10 Å². The molecule has 0 amide bonds. The summed E-state index contributed by atoms with van der Waals surface area (Å²) in [6, 6.07) is 4.82. The highest BCUT2D eigenvalue weighted by Crippen LogP contribution is 2.13. The van der Waals surface area contributed by atoms with Crippen LogP contribution in [0.5, 0.6) is 0 Å². The fraction of sp³-hybridized carbons (Fsp3) is 0.286. The van der Waals surface area contributed by atoms with Crippen molar-refractivity contribution in [1.29, 1.82) is 5.26 Å². The predicted molar refractivity (Wildman–Crippen MR) is 37.4 cm³/mol. The Labute approximate surface area is 63.7 Å². The molecule has 0 aliphatic carbocycles. The Morgan fingerprint density at radius 3 is 2.73 bits per heavy atom. The highest BCUT2D eigenvalue weighted by Gasteiger charge is 2.17. The maximum Gasteiger partial charge on any atom is 0.171 e. The third kappa shape index (κ3) is 1.58. The van der Waals surface area contributed by atoms with Gasteiger partial charge in [0.25, 0.3) is 0 Å². The quantitative estimate of drug-likeness (QED) is 0.519. The zero-order chi connectivity index (χ0) is 8.27. The van der Waals surface area contributed by atoms with Gasteiger partial charge in [-0.1, -0.05) is 0 Å². The van der Waals surface area contributed by atoms with Crippen LogP contribution in [0.4, 0.5) is 0 Å². The summed E-state index contributed by atoms with van der Waals surface area (Å²) in [5.41, 5.74) is 0.444. The number of rotatable bonds is 2. The molecule has 0 fully saturated rings. The number of hydrogen-bond donors (Lipinski definition) is 3. The second-order valence-electron chi connectivity index (χ2n) is 2.14.